The number of carbonyl (C=O) groups excluding carboxylic acids is 1. The highest BCUT2D eigenvalue weighted by Crippen LogP contribution is 2.53. The maximum absolute atomic E-state index is 12.6. The highest BCUT2D eigenvalue weighted by Gasteiger charge is 2.56. The Morgan fingerprint density at radius 2 is 2.03 bits per heavy atom. The fourth-order valence-corrected chi connectivity index (χ4v) is 6.26. The third-order valence-corrected chi connectivity index (χ3v) is 8.23. The minimum atomic E-state index is -0.283. The first-order chi connectivity index (χ1) is 18.0. The minimum absolute atomic E-state index is 0.0609. The molecule has 2 N–H and O–H groups in total. The highest BCUT2D eigenvalue weighted by atomic mass is 16.6. The summed E-state index contributed by atoms with van der Waals surface area (Å²) in [5.74, 6) is 2.91. The van der Waals surface area contributed by atoms with Crippen LogP contribution in [-0.4, -0.2) is 57.3 Å². The molecule has 7 rings (SSSR count). The molecule has 1 amide bonds. The van der Waals surface area contributed by atoms with E-state index >= 15 is 0 Å². The number of fused-ring (bicyclic) bond motifs is 1. The number of benzene rings is 1. The van der Waals surface area contributed by atoms with E-state index in [1.807, 2.05) is 50.5 Å². The highest BCUT2D eigenvalue weighted by molar-refractivity contribution is 5.67. The zero-order valence-corrected chi connectivity index (χ0v) is 21.6. The molecular formula is C28H35N7O2. The fraction of sp³-hybridized carbons (Fsp3) is 0.500. The first-order valence-electron chi connectivity index (χ1n) is 13.3. The third kappa shape index (κ3) is 4.86. The molecular weight excluding hydrogens is 466 g/mol. The van der Waals surface area contributed by atoms with Crippen molar-refractivity contribution in [2.45, 2.75) is 64.0 Å². The molecule has 9 heteroatoms. The second kappa shape index (κ2) is 9.68. The maximum atomic E-state index is 12.6. The van der Waals surface area contributed by atoms with Crippen LogP contribution in [0.4, 0.5) is 22.4 Å². The smallest absolute Gasteiger partial charge is 0.409 e. The van der Waals surface area contributed by atoms with Crippen LogP contribution in [0.15, 0.2) is 42.6 Å². The van der Waals surface area contributed by atoms with Crippen molar-refractivity contribution in [2.75, 3.05) is 30.4 Å². The molecule has 4 heterocycles. The normalized spacial score (nSPS) is 22.6. The Kier molecular flexibility index (Phi) is 6.22. The van der Waals surface area contributed by atoms with E-state index in [9.17, 15) is 4.79 Å². The summed E-state index contributed by atoms with van der Waals surface area (Å²) in [6.07, 6.45) is 8.72. The van der Waals surface area contributed by atoms with Gasteiger partial charge in [-0.3, -0.25) is 5.10 Å². The summed E-state index contributed by atoms with van der Waals surface area (Å²) in [5.41, 5.74) is 3.24. The van der Waals surface area contributed by atoms with E-state index in [4.69, 9.17) is 9.72 Å². The van der Waals surface area contributed by atoms with Gasteiger partial charge in [0.15, 0.2) is 5.82 Å². The molecule has 9 nitrogen and oxygen atoms in total. The average molecular weight is 502 g/mol. The summed E-state index contributed by atoms with van der Waals surface area (Å²) in [6, 6.07) is 12.3. The van der Waals surface area contributed by atoms with E-state index in [1.165, 1.54) is 31.4 Å². The molecule has 2 bridgehead atoms. The summed E-state index contributed by atoms with van der Waals surface area (Å²) in [5, 5.41) is 11.1. The summed E-state index contributed by atoms with van der Waals surface area (Å²) >= 11 is 0. The Hall–Kier alpha value is -3.62. The third-order valence-electron chi connectivity index (χ3n) is 8.23. The van der Waals surface area contributed by atoms with Gasteiger partial charge in [0, 0.05) is 61.0 Å². The van der Waals surface area contributed by atoms with Crippen LogP contribution in [0.3, 0.4) is 0 Å². The number of aromatic nitrogens is 4. The molecule has 2 saturated carbocycles. The van der Waals surface area contributed by atoms with E-state index < -0.39 is 0 Å². The molecule has 2 saturated heterocycles. The number of hydrogen-bond donors (Lipinski definition) is 2. The van der Waals surface area contributed by atoms with E-state index in [-0.39, 0.29) is 18.1 Å². The molecule has 0 unspecified atom stereocenters. The van der Waals surface area contributed by atoms with Gasteiger partial charge in [-0.05, 0) is 38.2 Å². The number of rotatable bonds is 8. The second-order valence-electron chi connectivity index (χ2n) is 11.1. The summed E-state index contributed by atoms with van der Waals surface area (Å²) in [4.78, 5) is 26.2. The summed E-state index contributed by atoms with van der Waals surface area (Å²) in [6.45, 7) is 3.81. The lowest BCUT2D eigenvalue weighted by Gasteiger charge is -2.39. The molecule has 4 aliphatic rings. The Morgan fingerprint density at radius 1 is 1.24 bits per heavy atom. The number of aromatic amines is 1. The van der Waals surface area contributed by atoms with E-state index in [2.05, 4.69) is 31.5 Å². The molecule has 1 aromatic carbocycles. The van der Waals surface area contributed by atoms with E-state index in [0.29, 0.717) is 18.5 Å². The van der Waals surface area contributed by atoms with Gasteiger partial charge in [-0.1, -0.05) is 43.2 Å². The van der Waals surface area contributed by atoms with Crippen molar-refractivity contribution < 1.29 is 9.53 Å². The summed E-state index contributed by atoms with van der Waals surface area (Å²) < 4.78 is 5.53. The zero-order valence-electron chi connectivity index (χ0n) is 21.6. The lowest BCUT2D eigenvalue weighted by molar-refractivity contribution is 0.0747. The Balaban J connectivity index is 1.07. The lowest BCUT2D eigenvalue weighted by Crippen LogP contribution is -2.44. The lowest BCUT2D eigenvalue weighted by atomic mass is 9.70. The van der Waals surface area contributed by atoms with Crippen LogP contribution in [0.2, 0.25) is 0 Å². The number of carbonyl (C=O) groups is 1. The summed E-state index contributed by atoms with van der Waals surface area (Å²) in [7, 11) is 1.83. The predicted molar refractivity (Wildman–Crippen MR) is 142 cm³/mol. The Bertz CT molecular complexity index is 1250. The molecule has 0 spiro atoms. The van der Waals surface area contributed by atoms with Crippen molar-refractivity contribution >= 4 is 23.7 Å². The van der Waals surface area contributed by atoms with Gasteiger partial charge in [0.1, 0.15) is 12.4 Å². The monoisotopic (exact) mass is 501 g/mol. The van der Waals surface area contributed by atoms with E-state index in [0.717, 1.165) is 48.1 Å². The van der Waals surface area contributed by atoms with Crippen LogP contribution >= 0.6 is 0 Å². The second-order valence-corrected chi connectivity index (χ2v) is 11.1. The number of anilines is 3. The van der Waals surface area contributed by atoms with Crippen LogP contribution in [-0.2, 0) is 11.3 Å². The Labute approximate surface area is 217 Å². The average Bonchev–Trinajstić information content (AvgIpc) is 3.68. The van der Waals surface area contributed by atoms with Crippen molar-refractivity contribution in [1.82, 2.24) is 25.1 Å². The molecule has 2 aliphatic heterocycles. The topological polar surface area (TPSA) is 99.3 Å². The number of nitrogens with zero attached hydrogens (tertiary/aromatic N) is 5. The van der Waals surface area contributed by atoms with Gasteiger partial charge in [0.25, 0.3) is 0 Å². The largest absolute Gasteiger partial charge is 0.445 e. The number of H-pyrrole nitrogens is 1. The first-order valence-corrected chi connectivity index (χ1v) is 13.3. The molecule has 2 aliphatic carbocycles. The molecule has 3 aromatic rings. The van der Waals surface area contributed by atoms with Gasteiger partial charge in [-0.25, -0.2) is 9.78 Å². The predicted octanol–water partition coefficient (Wildman–Crippen LogP) is 5.15. The zero-order chi connectivity index (χ0) is 25.4. The maximum Gasteiger partial charge on any atom is 0.409 e. The number of aryl methyl sites for hydroxylation is 1. The van der Waals surface area contributed by atoms with Crippen LogP contribution in [0.5, 0.6) is 0 Å². The molecule has 2 aromatic heterocycles. The molecule has 4 fully saturated rings. The van der Waals surface area contributed by atoms with Crippen molar-refractivity contribution in [3.8, 4) is 0 Å². The van der Waals surface area contributed by atoms with Crippen molar-refractivity contribution in [1.29, 1.82) is 0 Å². The molecule has 194 valence electrons. The van der Waals surface area contributed by atoms with Crippen LogP contribution in [0.25, 0.3) is 0 Å². The van der Waals surface area contributed by atoms with Gasteiger partial charge in [-0.2, -0.15) is 10.1 Å². The van der Waals surface area contributed by atoms with Gasteiger partial charge in [0.2, 0.25) is 5.95 Å². The first kappa shape index (κ1) is 23.8. The minimum Gasteiger partial charge on any atom is -0.445 e. The van der Waals surface area contributed by atoms with Crippen molar-refractivity contribution in [2.24, 2.45) is 5.41 Å². The van der Waals surface area contributed by atoms with Gasteiger partial charge in [0.05, 0.1) is 0 Å². The fourth-order valence-electron chi connectivity index (χ4n) is 6.26. The number of nitrogens with one attached hydrogen (secondary N) is 2. The SMILES string of the molecule is Cc1cnc(N2CC3(CN(C)C(=O)OCc4ccccc4)CC2C3)nc1Nc1cc(C2CCCC2)[nH]n1. The van der Waals surface area contributed by atoms with Crippen LogP contribution < -0.4 is 10.2 Å². The molecule has 0 radical (unpaired) electrons. The van der Waals surface area contributed by atoms with Gasteiger partial charge < -0.3 is 19.9 Å². The van der Waals surface area contributed by atoms with Crippen molar-refractivity contribution in [3.63, 3.8) is 0 Å². The molecule has 37 heavy (non-hydrogen) atoms. The Morgan fingerprint density at radius 3 is 2.81 bits per heavy atom. The quantitative estimate of drug-likeness (QED) is 0.440. The molecule has 0 atom stereocenters. The number of amides is 1. The number of hydrogen-bond acceptors (Lipinski definition) is 7. The van der Waals surface area contributed by atoms with Crippen LogP contribution in [0, 0.1) is 12.3 Å². The van der Waals surface area contributed by atoms with Crippen LogP contribution in [0.1, 0.15) is 61.3 Å². The van der Waals surface area contributed by atoms with Crippen molar-refractivity contribution in [3.05, 3.63) is 59.4 Å². The van der Waals surface area contributed by atoms with E-state index in [1.54, 1.807) is 4.90 Å². The number of ether oxygens (including phenoxy) is 1. The standard InChI is InChI=1S/C28H35N7O2/c1-19-15-29-26(31-25(19)30-24-12-23(32-33-24)21-10-6-7-11-21)35-18-28(13-22(35)14-28)17-34(2)27(36)37-16-20-8-4-3-5-9-20/h3-5,8-9,12,15,21-22H,6-7,10-11,13-14,16-18H2,1-2H3,(H2,29,30,31,32,33). The van der Waals surface area contributed by atoms with Gasteiger partial charge >= 0.3 is 6.09 Å². The van der Waals surface area contributed by atoms with Gasteiger partial charge in [-0.15, -0.1) is 0 Å².